The van der Waals surface area contributed by atoms with Gasteiger partial charge in [-0.3, -0.25) is 4.68 Å². The Morgan fingerprint density at radius 2 is 1.94 bits per heavy atom. The van der Waals surface area contributed by atoms with Crippen molar-refractivity contribution in [1.82, 2.24) is 14.1 Å². The molecule has 0 amide bonds. The van der Waals surface area contributed by atoms with Gasteiger partial charge in [0.15, 0.2) is 5.82 Å². The van der Waals surface area contributed by atoms with Crippen LogP contribution in [0.4, 0.5) is 5.82 Å². The molecule has 1 aromatic rings. The average molecular weight is 274 g/mol. The number of nitrogens with two attached hydrogens (primary N) is 1. The van der Waals surface area contributed by atoms with Crippen LogP contribution in [0.5, 0.6) is 0 Å². The van der Waals surface area contributed by atoms with E-state index in [9.17, 15) is 8.42 Å². The molecule has 0 unspecified atom stereocenters. The minimum atomic E-state index is -3.56. The SMILES string of the molecule is CCC(CC)N(C)S(=O)(=O)c1cn(CC)nc1N. The Morgan fingerprint density at radius 1 is 1.39 bits per heavy atom. The summed E-state index contributed by atoms with van der Waals surface area (Å²) in [6, 6.07) is -0.0145. The van der Waals surface area contributed by atoms with Gasteiger partial charge in [-0.1, -0.05) is 13.8 Å². The minimum Gasteiger partial charge on any atom is -0.381 e. The molecule has 0 atom stereocenters. The number of anilines is 1. The Labute approximate surface area is 109 Å². The predicted molar refractivity (Wildman–Crippen MR) is 71.6 cm³/mol. The van der Waals surface area contributed by atoms with E-state index in [2.05, 4.69) is 5.10 Å². The van der Waals surface area contributed by atoms with Crippen molar-refractivity contribution >= 4 is 15.8 Å². The second kappa shape index (κ2) is 5.71. The highest BCUT2D eigenvalue weighted by Gasteiger charge is 2.29. The molecule has 2 N–H and O–H groups in total. The van der Waals surface area contributed by atoms with Gasteiger partial charge in [0.1, 0.15) is 4.90 Å². The first-order valence-electron chi connectivity index (χ1n) is 6.19. The Hall–Kier alpha value is -1.08. The quantitative estimate of drug-likeness (QED) is 0.847. The Bertz CT molecular complexity index is 491. The summed E-state index contributed by atoms with van der Waals surface area (Å²) in [4.78, 5) is 0.0961. The minimum absolute atomic E-state index is 0.0145. The number of nitrogen functional groups attached to an aromatic ring is 1. The van der Waals surface area contributed by atoms with Crippen LogP contribution in [-0.2, 0) is 16.6 Å². The van der Waals surface area contributed by atoms with Gasteiger partial charge in [0.05, 0.1) is 0 Å². The van der Waals surface area contributed by atoms with Crippen molar-refractivity contribution in [3.05, 3.63) is 6.20 Å². The molecule has 0 saturated carbocycles. The number of nitrogens with zero attached hydrogens (tertiary/aromatic N) is 3. The monoisotopic (exact) mass is 274 g/mol. The highest BCUT2D eigenvalue weighted by atomic mass is 32.2. The van der Waals surface area contributed by atoms with Gasteiger partial charge in [0.2, 0.25) is 10.0 Å². The summed E-state index contributed by atoms with van der Waals surface area (Å²) in [5.41, 5.74) is 5.69. The van der Waals surface area contributed by atoms with Crippen molar-refractivity contribution < 1.29 is 8.42 Å². The standard InChI is InChI=1S/C11H22N4O2S/c1-5-9(6-2)14(4)18(16,17)10-8-15(7-3)13-11(10)12/h8-9H,5-7H2,1-4H3,(H2,12,13). The molecular weight excluding hydrogens is 252 g/mol. The van der Waals surface area contributed by atoms with Crippen LogP contribution in [0.15, 0.2) is 11.1 Å². The fraction of sp³-hybridized carbons (Fsp3) is 0.727. The molecular formula is C11H22N4O2S. The largest absolute Gasteiger partial charge is 0.381 e. The fourth-order valence-electron chi connectivity index (χ4n) is 1.93. The molecule has 0 aliphatic carbocycles. The van der Waals surface area contributed by atoms with Crippen molar-refractivity contribution in [3.63, 3.8) is 0 Å². The van der Waals surface area contributed by atoms with Gasteiger partial charge in [0.25, 0.3) is 0 Å². The van der Waals surface area contributed by atoms with E-state index in [-0.39, 0.29) is 16.8 Å². The lowest BCUT2D eigenvalue weighted by Gasteiger charge is -2.24. The Morgan fingerprint density at radius 3 is 2.33 bits per heavy atom. The lowest BCUT2D eigenvalue weighted by molar-refractivity contribution is 0.350. The van der Waals surface area contributed by atoms with Crippen molar-refractivity contribution in [2.24, 2.45) is 0 Å². The molecule has 0 fully saturated rings. The van der Waals surface area contributed by atoms with Crippen molar-refractivity contribution in [1.29, 1.82) is 0 Å². The van der Waals surface area contributed by atoms with Gasteiger partial charge >= 0.3 is 0 Å². The Kier molecular flexibility index (Phi) is 4.75. The smallest absolute Gasteiger partial charge is 0.248 e. The van der Waals surface area contributed by atoms with Crippen LogP contribution < -0.4 is 5.73 Å². The third-order valence-corrected chi connectivity index (χ3v) is 5.12. The first-order valence-corrected chi connectivity index (χ1v) is 7.63. The number of rotatable bonds is 6. The van der Waals surface area contributed by atoms with Crippen LogP contribution in [0, 0.1) is 0 Å². The molecule has 7 heteroatoms. The van der Waals surface area contributed by atoms with Crippen molar-refractivity contribution in [2.45, 2.75) is 51.1 Å². The van der Waals surface area contributed by atoms with E-state index in [4.69, 9.17) is 5.73 Å². The maximum absolute atomic E-state index is 12.4. The van der Waals surface area contributed by atoms with E-state index >= 15 is 0 Å². The summed E-state index contributed by atoms with van der Waals surface area (Å²) in [5.74, 6) is 0.0645. The van der Waals surface area contributed by atoms with E-state index < -0.39 is 10.0 Å². The number of aromatic nitrogens is 2. The molecule has 0 saturated heterocycles. The molecule has 0 aliphatic rings. The normalized spacial score (nSPS) is 12.6. The van der Waals surface area contributed by atoms with Gasteiger partial charge in [-0.25, -0.2) is 8.42 Å². The molecule has 1 heterocycles. The van der Waals surface area contributed by atoms with E-state index in [0.29, 0.717) is 6.54 Å². The molecule has 1 rings (SSSR count). The van der Waals surface area contributed by atoms with Crippen LogP contribution in [0.25, 0.3) is 0 Å². The average Bonchev–Trinajstić information content (AvgIpc) is 2.72. The molecule has 18 heavy (non-hydrogen) atoms. The summed E-state index contributed by atoms with van der Waals surface area (Å²) in [5, 5.41) is 3.98. The van der Waals surface area contributed by atoms with Gasteiger partial charge in [-0.2, -0.15) is 9.40 Å². The number of aryl methyl sites for hydroxylation is 1. The topological polar surface area (TPSA) is 81.2 Å². The molecule has 0 aromatic carbocycles. The second-order valence-electron chi connectivity index (χ2n) is 4.23. The fourth-order valence-corrected chi connectivity index (χ4v) is 3.49. The first kappa shape index (κ1) is 15.0. The van der Waals surface area contributed by atoms with Crippen LogP contribution >= 0.6 is 0 Å². The second-order valence-corrected chi connectivity index (χ2v) is 6.19. The lowest BCUT2D eigenvalue weighted by atomic mass is 10.2. The highest BCUT2D eigenvalue weighted by Crippen LogP contribution is 2.23. The maximum Gasteiger partial charge on any atom is 0.248 e. The highest BCUT2D eigenvalue weighted by molar-refractivity contribution is 7.89. The third kappa shape index (κ3) is 2.67. The Balaban J connectivity index is 3.16. The summed E-state index contributed by atoms with van der Waals surface area (Å²) in [7, 11) is -1.96. The van der Waals surface area contributed by atoms with Gasteiger partial charge in [0, 0.05) is 25.8 Å². The van der Waals surface area contributed by atoms with E-state index in [1.54, 1.807) is 7.05 Å². The summed E-state index contributed by atoms with van der Waals surface area (Å²) in [6.07, 6.45) is 3.03. The zero-order valence-corrected chi connectivity index (χ0v) is 12.2. The van der Waals surface area contributed by atoms with Gasteiger partial charge in [-0.15, -0.1) is 0 Å². The van der Waals surface area contributed by atoms with E-state index in [1.807, 2.05) is 20.8 Å². The van der Waals surface area contributed by atoms with Gasteiger partial charge in [-0.05, 0) is 19.8 Å². The number of hydrogen-bond acceptors (Lipinski definition) is 4. The lowest BCUT2D eigenvalue weighted by Crippen LogP contribution is -2.36. The zero-order chi connectivity index (χ0) is 13.9. The summed E-state index contributed by atoms with van der Waals surface area (Å²) >= 11 is 0. The van der Waals surface area contributed by atoms with Crippen molar-refractivity contribution in [3.8, 4) is 0 Å². The first-order chi connectivity index (χ1) is 8.38. The molecule has 0 bridgehead atoms. The van der Waals surface area contributed by atoms with Crippen LogP contribution in [0.1, 0.15) is 33.6 Å². The molecule has 104 valence electrons. The third-order valence-electron chi connectivity index (χ3n) is 3.19. The molecule has 0 spiro atoms. The summed E-state index contributed by atoms with van der Waals surface area (Å²) in [6.45, 7) is 6.42. The molecule has 0 radical (unpaired) electrons. The van der Waals surface area contributed by atoms with E-state index in [0.717, 1.165) is 12.8 Å². The summed E-state index contributed by atoms with van der Waals surface area (Å²) < 4.78 is 27.8. The van der Waals surface area contributed by atoms with Crippen LogP contribution in [0.2, 0.25) is 0 Å². The van der Waals surface area contributed by atoms with E-state index in [1.165, 1.54) is 15.2 Å². The maximum atomic E-state index is 12.4. The predicted octanol–water partition coefficient (Wildman–Crippen LogP) is 1.29. The number of hydrogen-bond donors (Lipinski definition) is 1. The van der Waals surface area contributed by atoms with Gasteiger partial charge < -0.3 is 5.73 Å². The van der Waals surface area contributed by atoms with Crippen molar-refractivity contribution in [2.75, 3.05) is 12.8 Å². The number of sulfonamides is 1. The molecule has 1 aromatic heterocycles. The zero-order valence-electron chi connectivity index (χ0n) is 11.4. The van der Waals surface area contributed by atoms with Crippen LogP contribution in [0.3, 0.4) is 0 Å². The molecule has 6 nitrogen and oxygen atoms in total. The molecule has 0 aliphatic heterocycles. The van der Waals surface area contributed by atoms with Crippen LogP contribution in [-0.4, -0.2) is 35.6 Å².